The smallest absolute Gasteiger partial charge is 0.257 e. The lowest BCUT2D eigenvalue weighted by Gasteiger charge is -2.15. The molecule has 0 aliphatic carbocycles. The minimum absolute atomic E-state index is 0.0624. The maximum atomic E-state index is 11.6. The molecule has 0 radical (unpaired) electrons. The van der Waals surface area contributed by atoms with Crippen LogP contribution in [0.1, 0.15) is 45.7 Å². The maximum absolute atomic E-state index is 11.6. The molecule has 0 heterocycles. The molecule has 118 valence electrons. The van der Waals surface area contributed by atoms with Crippen molar-refractivity contribution in [3.05, 3.63) is 29.8 Å². The molecule has 0 bridgehead atoms. The molecule has 0 saturated heterocycles. The first-order chi connectivity index (χ1) is 10.0. The van der Waals surface area contributed by atoms with Gasteiger partial charge in [-0.2, -0.15) is 0 Å². The summed E-state index contributed by atoms with van der Waals surface area (Å²) in [6, 6.07) is 8.18. The number of amides is 1. The standard InChI is InChI=1S/C17H28N2O2/c1-5-9-18-14(4)15-7-6-8-16(10-15)21-12-17(20)19-11-13(2)3/h6-8,10,13-14,18H,5,9,11-12H2,1-4H3,(H,19,20). The highest BCUT2D eigenvalue weighted by Crippen LogP contribution is 2.19. The van der Waals surface area contributed by atoms with E-state index in [-0.39, 0.29) is 18.6 Å². The van der Waals surface area contributed by atoms with Gasteiger partial charge in [-0.15, -0.1) is 0 Å². The molecule has 1 atom stereocenters. The minimum atomic E-state index is -0.0775. The Balaban J connectivity index is 2.47. The zero-order valence-electron chi connectivity index (χ0n) is 13.6. The highest BCUT2D eigenvalue weighted by atomic mass is 16.5. The summed E-state index contributed by atoms with van der Waals surface area (Å²) >= 11 is 0. The molecule has 0 aromatic heterocycles. The summed E-state index contributed by atoms with van der Waals surface area (Å²) in [5.74, 6) is 1.10. The van der Waals surface area contributed by atoms with Crippen LogP contribution in [0.3, 0.4) is 0 Å². The molecule has 1 aromatic carbocycles. The van der Waals surface area contributed by atoms with Gasteiger partial charge < -0.3 is 15.4 Å². The van der Waals surface area contributed by atoms with Crippen molar-refractivity contribution in [2.45, 2.75) is 40.2 Å². The molecule has 0 saturated carbocycles. The van der Waals surface area contributed by atoms with Crippen LogP contribution < -0.4 is 15.4 Å². The van der Waals surface area contributed by atoms with Crippen molar-refractivity contribution in [2.75, 3.05) is 19.7 Å². The first kappa shape index (κ1) is 17.5. The lowest BCUT2D eigenvalue weighted by Crippen LogP contribution is -2.31. The normalized spacial score (nSPS) is 12.2. The van der Waals surface area contributed by atoms with Crippen LogP contribution >= 0.6 is 0 Å². The Morgan fingerprint density at radius 2 is 2.05 bits per heavy atom. The molecule has 0 spiro atoms. The van der Waals surface area contributed by atoms with Gasteiger partial charge in [0.1, 0.15) is 5.75 Å². The van der Waals surface area contributed by atoms with Gasteiger partial charge in [-0.1, -0.05) is 32.9 Å². The number of hydrogen-bond acceptors (Lipinski definition) is 3. The van der Waals surface area contributed by atoms with Crippen LogP contribution in [0.25, 0.3) is 0 Å². The van der Waals surface area contributed by atoms with Crippen molar-refractivity contribution in [3.8, 4) is 5.75 Å². The topological polar surface area (TPSA) is 50.4 Å². The fourth-order valence-corrected chi connectivity index (χ4v) is 1.87. The van der Waals surface area contributed by atoms with Crippen LogP contribution in [-0.4, -0.2) is 25.6 Å². The number of carbonyl (C=O) groups excluding carboxylic acids is 1. The van der Waals surface area contributed by atoms with Gasteiger partial charge in [-0.3, -0.25) is 4.79 Å². The molecule has 2 N–H and O–H groups in total. The molecular formula is C17H28N2O2. The molecule has 0 aliphatic rings. The zero-order valence-corrected chi connectivity index (χ0v) is 13.6. The van der Waals surface area contributed by atoms with Crippen LogP contribution in [0.2, 0.25) is 0 Å². The summed E-state index contributed by atoms with van der Waals surface area (Å²) in [5.41, 5.74) is 1.17. The Morgan fingerprint density at radius 3 is 2.71 bits per heavy atom. The van der Waals surface area contributed by atoms with E-state index in [1.165, 1.54) is 5.56 Å². The molecule has 4 nitrogen and oxygen atoms in total. The number of rotatable bonds is 9. The molecular weight excluding hydrogens is 264 g/mol. The first-order valence-corrected chi connectivity index (χ1v) is 7.75. The van der Waals surface area contributed by atoms with Crippen molar-refractivity contribution in [1.82, 2.24) is 10.6 Å². The van der Waals surface area contributed by atoms with Crippen LogP contribution in [0.4, 0.5) is 0 Å². The fourth-order valence-electron chi connectivity index (χ4n) is 1.87. The fraction of sp³-hybridized carbons (Fsp3) is 0.588. The number of benzene rings is 1. The number of carbonyl (C=O) groups is 1. The summed E-state index contributed by atoms with van der Waals surface area (Å²) in [6.45, 7) is 10.1. The van der Waals surface area contributed by atoms with E-state index in [0.717, 1.165) is 18.7 Å². The molecule has 1 unspecified atom stereocenters. The van der Waals surface area contributed by atoms with Crippen LogP contribution in [0.15, 0.2) is 24.3 Å². The van der Waals surface area contributed by atoms with Crippen molar-refractivity contribution in [1.29, 1.82) is 0 Å². The Bertz CT molecular complexity index is 433. The Hall–Kier alpha value is -1.55. The third-order valence-corrected chi connectivity index (χ3v) is 3.14. The third-order valence-electron chi connectivity index (χ3n) is 3.14. The summed E-state index contributed by atoms with van der Waals surface area (Å²) in [6.07, 6.45) is 1.11. The van der Waals surface area contributed by atoms with Crippen molar-refractivity contribution < 1.29 is 9.53 Å². The van der Waals surface area contributed by atoms with Crippen molar-refractivity contribution in [2.24, 2.45) is 5.92 Å². The molecule has 21 heavy (non-hydrogen) atoms. The third kappa shape index (κ3) is 7.14. The molecule has 1 aromatic rings. The zero-order chi connectivity index (χ0) is 15.7. The van der Waals surface area contributed by atoms with E-state index in [4.69, 9.17) is 4.74 Å². The molecule has 0 fully saturated rings. The molecule has 1 amide bonds. The summed E-state index contributed by atoms with van der Waals surface area (Å²) in [7, 11) is 0. The van der Waals surface area contributed by atoms with Gasteiger partial charge in [0.15, 0.2) is 6.61 Å². The Labute approximate surface area is 128 Å². The lowest BCUT2D eigenvalue weighted by atomic mass is 10.1. The van der Waals surface area contributed by atoms with E-state index in [2.05, 4.69) is 44.4 Å². The predicted molar refractivity (Wildman–Crippen MR) is 86.5 cm³/mol. The second-order valence-corrected chi connectivity index (χ2v) is 5.73. The summed E-state index contributed by atoms with van der Waals surface area (Å²) < 4.78 is 5.56. The van der Waals surface area contributed by atoms with Gasteiger partial charge in [0, 0.05) is 12.6 Å². The molecule has 1 rings (SSSR count). The lowest BCUT2D eigenvalue weighted by molar-refractivity contribution is -0.123. The average Bonchev–Trinajstić information content (AvgIpc) is 2.48. The first-order valence-electron chi connectivity index (χ1n) is 7.75. The molecule has 0 aliphatic heterocycles. The van der Waals surface area contributed by atoms with Gasteiger partial charge in [-0.25, -0.2) is 0 Å². The van der Waals surface area contributed by atoms with Crippen molar-refractivity contribution >= 4 is 5.91 Å². The van der Waals surface area contributed by atoms with Gasteiger partial charge in [0.2, 0.25) is 0 Å². The monoisotopic (exact) mass is 292 g/mol. The van der Waals surface area contributed by atoms with E-state index in [9.17, 15) is 4.79 Å². The number of nitrogens with one attached hydrogen (secondary N) is 2. The van der Waals surface area contributed by atoms with E-state index < -0.39 is 0 Å². The minimum Gasteiger partial charge on any atom is -0.484 e. The molecule has 4 heteroatoms. The Kier molecular flexibility index (Phi) is 7.83. The summed E-state index contributed by atoms with van der Waals surface area (Å²) in [4.78, 5) is 11.6. The summed E-state index contributed by atoms with van der Waals surface area (Å²) in [5, 5.41) is 6.28. The Morgan fingerprint density at radius 1 is 1.29 bits per heavy atom. The maximum Gasteiger partial charge on any atom is 0.257 e. The number of ether oxygens (including phenoxy) is 1. The van der Waals surface area contributed by atoms with Gasteiger partial charge >= 0.3 is 0 Å². The van der Waals surface area contributed by atoms with E-state index in [1.807, 2.05) is 18.2 Å². The van der Waals surface area contributed by atoms with Gasteiger partial charge in [0.05, 0.1) is 0 Å². The van der Waals surface area contributed by atoms with E-state index >= 15 is 0 Å². The van der Waals surface area contributed by atoms with E-state index in [1.54, 1.807) is 0 Å². The van der Waals surface area contributed by atoms with Crippen LogP contribution in [0.5, 0.6) is 5.75 Å². The predicted octanol–water partition coefficient (Wildman–Crippen LogP) is 2.90. The van der Waals surface area contributed by atoms with Crippen LogP contribution in [-0.2, 0) is 4.79 Å². The second kappa shape index (κ2) is 9.40. The SMILES string of the molecule is CCCNC(C)c1cccc(OCC(=O)NCC(C)C)c1. The van der Waals surface area contributed by atoms with Gasteiger partial charge in [-0.05, 0) is 43.5 Å². The number of hydrogen-bond donors (Lipinski definition) is 2. The highest BCUT2D eigenvalue weighted by Gasteiger charge is 2.07. The average molecular weight is 292 g/mol. The van der Waals surface area contributed by atoms with Crippen LogP contribution in [0, 0.1) is 5.92 Å². The second-order valence-electron chi connectivity index (χ2n) is 5.73. The van der Waals surface area contributed by atoms with Crippen molar-refractivity contribution in [3.63, 3.8) is 0 Å². The van der Waals surface area contributed by atoms with E-state index in [0.29, 0.717) is 12.5 Å². The highest BCUT2D eigenvalue weighted by molar-refractivity contribution is 5.77. The van der Waals surface area contributed by atoms with Gasteiger partial charge in [0.25, 0.3) is 5.91 Å². The quantitative estimate of drug-likeness (QED) is 0.736. The largest absolute Gasteiger partial charge is 0.484 e.